The summed E-state index contributed by atoms with van der Waals surface area (Å²) in [5.41, 5.74) is 0.995. The summed E-state index contributed by atoms with van der Waals surface area (Å²) in [6.07, 6.45) is 1.61. The van der Waals surface area contributed by atoms with Gasteiger partial charge in [-0.15, -0.1) is 0 Å². The number of benzene rings is 1. The van der Waals surface area contributed by atoms with Gasteiger partial charge in [-0.2, -0.15) is 0 Å². The lowest BCUT2D eigenvalue weighted by Gasteiger charge is -2.19. The van der Waals surface area contributed by atoms with Crippen molar-refractivity contribution < 1.29 is 9.84 Å². The van der Waals surface area contributed by atoms with E-state index in [4.69, 9.17) is 4.74 Å². The highest BCUT2D eigenvalue weighted by molar-refractivity contribution is 5.37. The molecule has 0 amide bonds. The lowest BCUT2D eigenvalue weighted by molar-refractivity contribution is -0.120. The Balaban J connectivity index is 2.34. The number of rotatable bonds is 3. The third kappa shape index (κ3) is 1.11. The van der Waals surface area contributed by atoms with Crippen LogP contribution in [0.25, 0.3) is 0 Å². The normalized spacial score (nSPS) is 35.6. The minimum absolute atomic E-state index is 0.178. The molecule has 1 aliphatic rings. The topological polar surface area (TPSA) is 29.5 Å². The van der Waals surface area contributed by atoms with Crippen LogP contribution in [0.5, 0.6) is 0 Å². The highest BCUT2D eigenvalue weighted by Crippen LogP contribution is 2.60. The van der Waals surface area contributed by atoms with Crippen LogP contribution in [0, 0.1) is 0 Å². The van der Waals surface area contributed by atoms with E-state index in [0.717, 1.165) is 6.42 Å². The summed E-state index contributed by atoms with van der Waals surface area (Å²) in [6.45, 7) is 2.09. The van der Waals surface area contributed by atoms with Crippen LogP contribution >= 0.6 is 0 Å². The summed E-state index contributed by atoms with van der Waals surface area (Å²) in [7, 11) is 1.57. The molecule has 1 saturated carbocycles. The van der Waals surface area contributed by atoms with Crippen molar-refractivity contribution in [1.82, 2.24) is 0 Å². The summed E-state index contributed by atoms with van der Waals surface area (Å²) in [5.74, 6) is -0.941. The Morgan fingerprint density at radius 3 is 2.43 bits per heavy atom. The number of methoxy groups -OCH3 is 1. The molecule has 2 atom stereocenters. The van der Waals surface area contributed by atoms with E-state index < -0.39 is 5.79 Å². The van der Waals surface area contributed by atoms with Crippen LogP contribution in [-0.4, -0.2) is 18.0 Å². The molecule has 1 N–H and O–H groups in total. The molecule has 0 aliphatic heterocycles. The second kappa shape index (κ2) is 3.07. The van der Waals surface area contributed by atoms with Gasteiger partial charge in [0.1, 0.15) is 0 Å². The van der Waals surface area contributed by atoms with Crippen molar-refractivity contribution in [3.05, 3.63) is 35.9 Å². The molecular weight excluding hydrogens is 176 g/mol. The van der Waals surface area contributed by atoms with Crippen molar-refractivity contribution in [3.8, 4) is 0 Å². The SMILES string of the molecule is CC[C@]1(c2ccccc2)C[C@]1(O)OC. The van der Waals surface area contributed by atoms with E-state index in [-0.39, 0.29) is 5.41 Å². The second-order valence-electron chi connectivity index (χ2n) is 3.97. The highest BCUT2D eigenvalue weighted by atomic mass is 16.6. The van der Waals surface area contributed by atoms with Crippen LogP contribution in [-0.2, 0) is 10.2 Å². The predicted molar refractivity (Wildman–Crippen MR) is 55.0 cm³/mol. The van der Waals surface area contributed by atoms with Crippen LogP contribution in [0.2, 0.25) is 0 Å². The second-order valence-corrected chi connectivity index (χ2v) is 3.97. The fourth-order valence-electron chi connectivity index (χ4n) is 2.32. The van der Waals surface area contributed by atoms with Crippen LogP contribution in [0.15, 0.2) is 30.3 Å². The maximum atomic E-state index is 10.1. The number of hydrogen-bond acceptors (Lipinski definition) is 2. The number of ether oxygens (including phenoxy) is 1. The summed E-state index contributed by atoms with van der Waals surface area (Å²) in [4.78, 5) is 0. The van der Waals surface area contributed by atoms with E-state index in [1.54, 1.807) is 7.11 Å². The molecule has 0 heterocycles. The van der Waals surface area contributed by atoms with Crippen LogP contribution in [0.3, 0.4) is 0 Å². The lowest BCUT2D eigenvalue weighted by Crippen LogP contribution is -2.25. The van der Waals surface area contributed by atoms with Gasteiger partial charge in [-0.3, -0.25) is 0 Å². The third-order valence-corrected chi connectivity index (χ3v) is 3.43. The molecule has 0 bridgehead atoms. The number of aliphatic hydroxyl groups is 1. The Morgan fingerprint density at radius 2 is 2.00 bits per heavy atom. The zero-order chi connectivity index (χ0) is 10.2. The van der Waals surface area contributed by atoms with E-state index in [1.165, 1.54) is 5.56 Å². The zero-order valence-corrected chi connectivity index (χ0v) is 8.66. The maximum absolute atomic E-state index is 10.1. The fourth-order valence-corrected chi connectivity index (χ4v) is 2.32. The Kier molecular flexibility index (Phi) is 2.13. The van der Waals surface area contributed by atoms with E-state index >= 15 is 0 Å². The summed E-state index contributed by atoms with van der Waals surface area (Å²) in [5, 5.41) is 10.1. The van der Waals surface area contributed by atoms with Crippen LogP contribution in [0.4, 0.5) is 0 Å². The monoisotopic (exact) mass is 192 g/mol. The first-order valence-electron chi connectivity index (χ1n) is 5.01. The first kappa shape index (κ1) is 9.69. The molecule has 0 radical (unpaired) electrons. The molecule has 1 aromatic carbocycles. The van der Waals surface area contributed by atoms with Gasteiger partial charge in [-0.1, -0.05) is 37.3 Å². The Bertz CT molecular complexity index is 322. The average Bonchev–Trinajstić information content (AvgIpc) is 2.88. The van der Waals surface area contributed by atoms with Gasteiger partial charge in [0.05, 0.1) is 5.41 Å². The molecule has 2 rings (SSSR count). The first-order valence-corrected chi connectivity index (χ1v) is 5.01. The molecule has 1 aromatic rings. The van der Waals surface area contributed by atoms with Gasteiger partial charge < -0.3 is 9.84 Å². The molecule has 0 spiro atoms. The highest BCUT2D eigenvalue weighted by Gasteiger charge is 2.67. The van der Waals surface area contributed by atoms with E-state index in [1.807, 2.05) is 18.2 Å². The molecule has 0 saturated heterocycles. The van der Waals surface area contributed by atoms with E-state index in [9.17, 15) is 5.11 Å². The molecule has 1 fully saturated rings. The average molecular weight is 192 g/mol. The quantitative estimate of drug-likeness (QED) is 0.743. The van der Waals surface area contributed by atoms with Gasteiger partial charge in [0.2, 0.25) is 0 Å². The standard InChI is InChI=1S/C12H16O2/c1-3-11(9-12(11,13)14-2)10-7-5-4-6-8-10/h4-8,13H,3,9H2,1-2H3/t11-,12+/m1/s1. The molecule has 0 unspecified atom stereocenters. The molecule has 14 heavy (non-hydrogen) atoms. The largest absolute Gasteiger partial charge is 0.365 e. The Hall–Kier alpha value is -0.860. The maximum Gasteiger partial charge on any atom is 0.176 e. The van der Waals surface area contributed by atoms with Crippen molar-refractivity contribution in [3.63, 3.8) is 0 Å². The van der Waals surface area contributed by atoms with Gasteiger partial charge >= 0.3 is 0 Å². The fraction of sp³-hybridized carbons (Fsp3) is 0.500. The van der Waals surface area contributed by atoms with Gasteiger partial charge in [-0.25, -0.2) is 0 Å². The molecule has 1 aliphatic carbocycles. The predicted octanol–water partition coefficient (Wildman–Crippen LogP) is 2.07. The van der Waals surface area contributed by atoms with Crippen molar-refractivity contribution in [1.29, 1.82) is 0 Å². The van der Waals surface area contributed by atoms with E-state index in [0.29, 0.717) is 6.42 Å². The van der Waals surface area contributed by atoms with Gasteiger partial charge in [0.25, 0.3) is 0 Å². The lowest BCUT2D eigenvalue weighted by atomic mass is 9.92. The van der Waals surface area contributed by atoms with Crippen molar-refractivity contribution in [2.75, 3.05) is 7.11 Å². The minimum atomic E-state index is -0.941. The van der Waals surface area contributed by atoms with Crippen molar-refractivity contribution in [2.24, 2.45) is 0 Å². The van der Waals surface area contributed by atoms with Gasteiger partial charge in [-0.05, 0) is 12.0 Å². The summed E-state index contributed by atoms with van der Waals surface area (Å²) in [6, 6.07) is 10.1. The Labute approximate surface area is 84.5 Å². The van der Waals surface area contributed by atoms with Crippen LogP contribution in [0.1, 0.15) is 25.3 Å². The molecule has 2 nitrogen and oxygen atoms in total. The zero-order valence-electron chi connectivity index (χ0n) is 8.66. The van der Waals surface area contributed by atoms with E-state index in [2.05, 4.69) is 19.1 Å². The summed E-state index contributed by atoms with van der Waals surface area (Å²) >= 11 is 0. The molecular formula is C12H16O2. The first-order chi connectivity index (χ1) is 6.68. The van der Waals surface area contributed by atoms with Gasteiger partial charge in [0.15, 0.2) is 5.79 Å². The third-order valence-electron chi connectivity index (χ3n) is 3.43. The summed E-state index contributed by atoms with van der Waals surface area (Å²) < 4.78 is 5.17. The van der Waals surface area contributed by atoms with Crippen molar-refractivity contribution in [2.45, 2.75) is 31.0 Å². The molecule has 0 aromatic heterocycles. The smallest absolute Gasteiger partial charge is 0.176 e. The van der Waals surface area contributed by atoms with Gasteiger partial charge in [0, 0.05) is 13.5 Å². The molecule has 2 heteroatoms. The Morgan fingerprint density at radius 1 is 1.36 bits per heavy atom. The minimum Gasteiger partial charge on any atom is -0.365 e. The van der Waals surface area contributed by atoms with Crippen LogP contribution < -0.4 is 0 Å². The van der Waals surface area contributed by atoms with Crippen molar-refractivity contribution >= 4 is 0 Å². The number of hydrogen-bond donors (Lipinski definition) is 1. The molecule has 76 valence electrons.